The Morgan fingerprint density at radius 1 is 1.28 bits per heavy atom. The van der Waals surface area contributed by atoms with Gasteiger partial charge in [-0.2, -0.15) is 0 Å². The smallest absolute Gasteiger partial charge is 0.319 e. The number of hydrogen-bond donors (Lipinski definition) is 3. The molecule has 1 aromatic carbocycles. The minimum Gasteiger partial charge on any atom is -0.398 e. The molecule has 1 aromatic rings. The van der Waals surface area contributed by atoms with Crippen molar-refractivity contribution in [1.82, 2.24) is 5.32 Å². The topological polar surface area (TPSA) is 67.1 Å². The van der Waals surface area contributed by atoms with Crippen molar-refractivity contribution in [3.63, 3.8) is 0 Å². The average molecular weight is 359 g/mol. The number of hydrogen-bond acceptors (Lipinski definition) is 2. The number of halogens is 1. The van der Waals surface area contributed by atoms with Crippen molar-refractivity contribution in [2.45, 2.75) is 38.1 Å². The Morgan fingerprint density at radius 3 is 2.67 bits per heavy atom. The van der Waals surface area contributed by atoms with E-state index < -0.39 is 0 Å². The third kappa shape index (κ3) is 3.76. The van der Waals surface area contributed by atoms with Crippen LogP contribution in [-0.4, -0.2) is 12.1 Å². The number of nitrogens with two attached hydrogens (primary N) is 1. The summed E-state index contributed by atoms with van der Waals surface area (Å²) in [5, 5.41) is 5.83. The standard InChI is InChI=1S/C13H18IN3O/c14-11-7-6-10(8-12(11)15)17-13(18)16-9-4-2-1-3-5-9/h6-9H,1-5,15H2,(H2,16,17,18). The van der Waals surface area contributed by atoms with Crippen LogP contribution < -0.4 is 16.4 Å². The molecule has 18 heavy (non-hydrogen) atoms. The molecule has 0 atom stereocenters. The molecular weight excluding hydrogens is 341 g/mol. The van der Waals surface area contributed by atoms with Crippen LogP contribution in [0.15, 0.2) is 18.2 Å². The Labute approximate surface area is 121 Å². The van der Waals surface area contributed by atoms with E-state index in [9.17, 15) is 4.79 Å². The maximum atomic E-state index is 11.8. The van der Waals surface area contributed by atoms with Gasteiger partial charge in [0.1, 0.15) is 0 Å². The fourth-order valence-corrected chi connectivity index (χ4v) is 2.56. The minimum absolute atomic E-state index is 0.137. The van der Waals surface area contributed by atoms with E-state index in [2.05, 4.69) is 33.2 Å². The second-order valence-electron chi connectivity index (χ2n) is 4.67. The number of nitrogen functional groups attached to an aromatic ring is 1. The van der Waals surface area contributed by atoms with Crippen molar-refractivity contribution in [1.29, 1.82) is 0 Å². The maximum Gasteiger partial charge on any atom is 0.319 e. The largest absolute Gasteiger partial charge is 0.398 e. The van der Waals surface area contributed by atoms with Gasteiger partial charge in [-0.15, -0.1) is 0 Å². The van der Waals surface area contributed by atoms with Crippen LogP contribution in [-0.2, 0) is 0 Å². The first-order valence-corrected chi connectivity index (χ1v) is 7.35. The second kappa shape index (κ2) is 6.26. The SMILES string of the molecule is Nc1cc(NC(=O)NC2CCCCC2)ccc1I. The summed E-state index contributed by atoms with van der Waals surface area (Å²) in [5.41, 5.74) is 7.22. The van der Waals surface area contributed by atoms with Crippen molar-refractivity contribution in [3.8, 4) is 0 Å². The van der Waals surface area contributed by atoms with Gasteiger partial charge in [0.25, 0.3) is 0 Å². The normalized spacial score (nSPS) is 16.3. The van der Waals surface area contributed by atoms with Crippen LogP contribution in [0.25, 0.3) is 0 Å². The number of benzene rings is 1. The number of carbonyl (C=O) groups is 1. The lowest BCUT2D eigenvalue weighted by atomic mass is 9.96. The number of carbonyl (C=O) groups excluding carboxylic acids is 1. The molecule has 4 nitrogen and oxygen atoms in total. The molecule has 5 heteroatoms. The summed E-state index contributed by atoms with van der Waals surface area (Å²) in [5.74, 6) is 0. The fourth-order valence-electron chi connectivity index (χ4n) is 2.22. The van der Waals surface area contributed by atoms with E-state index in [-0.39, 0.29) is 6.03 Å². The highest BCUT2D eigenvalue weighted by Crippen LogP contribution is 2.20. The molecule has 0 aliphatic heterocycles. The second-order valence-corrected chi connectivity index (χ2v) is 5.83. The molecule has 0 aromatic heterocycles. The van der Waals surface area contributed by atoms with E-state index in [1.807, 2.05) is 12.1 Å². The summed E-state index contributed by atoms with van der Waals surface area (Å²) in [7, 11) is 0. The Kier molecular flexibility index (Phi) is 4.68. The third-order valence-corrected chi connectivity index (χ3v) is 4.18. The highest BCUT2D eigenvalue weighted by molar-refractivity contribution is 14.1. The van der Waals surface area contributed by atoms with Crippen molar-refractivity contribution in [2.24, 2.45) is 0 Å². The molecule has 98 valence electrons. The molecule has 0 heterocycles. The molecule has 0 unspecified atom stereocenters. The van der Waals surface area contributed by atoms with Gasteiger partial charge in [0.05, 0.1) is 0 Å². The zero-order valence-corrected chi connectivity index (χ0v) is 12.4. The van der Waals surface area contributed by atoms with Crippen LogP contribution in [0.2, 0.25) is 0 Å². The Morgan fingerprint density at radius 2 is 2.00 bits per heavy atom. The Hall–Kier alpha value is -0.980. The zero-order chi connectivity index (χ0) is 13.0. The zero-order valence-electron chi connectivity index (χ0n) is 10.2. The van der Waals surface area contributed by atoms with E-state index in [1.54, 1.807) is 6.07 Å². The number of urea groups is 1. The van der Waals surface area contributed by atoms with Crippen molar-refractivity contribution in [3.05, 3.63) is 21.8 Å². The molecule has 2 rings (SSSR count). The number of nitrogens with one attached hydrogen (secondary N) is 2. The molecule has 2 amide bonds. The average Bonchev–Trinajstić information content (AvgIpc) is 2.35. The number of rotatable bonds is 2. The molecule has 1 saturated carbocycles. The van der Waals surface area contributed by atoms with Crippen LogP contribution in [0.1, 0.15) is 32.1 Å². The molecule has 0 saturated heterocycles. The lowest BCUT2D eigenvalue weighted by Crippen LogP contribution is -2.39. The summed E-state index contributed by atoms with van der Waals surface area (Å²) < 4.78 is 0.992. The van der Waals surface area contributed by atoms with Gasteiger partial charge in [0, 0.05) is 21.0 Å². The van der Waals surface area contributed by atoms with Crippen LogP contribution in [0.5, 0.6) is 0 Å². The van der Waals surface area contributed by atoms with Crippen LogP contribution in [0, 0.1) is 3.57 Å². The summed E-state index contributed by atoms with van der Waals surface area (Å²) in [6.07, 6.45) is 5.88. The molecule has 1 aliphatic carbocycles. The van der Waals surface area contributed by atoms with E-state index >= 15 is 0 Å². The predicted octanol–water partition coefficient (Wildman–Crippen LogP) is 3.33. The Balaban J connectivity index is 1.88. The molecule has 1 aliphatic rings. The first-order valence-electron chi connectivity index (χ1n) is 6.27. The molecule has 4 N–H and O–H groups in total. The fraction of sp³-hybridized carbons (Fsp3) is 0.462. The molecular formula is C13H18IN3O. The maximum absolute atomic E-state index is 11.8. The van der Waals surface area contributed by atoms with E-state index in [0.717, 1.165) is 22.1 Å². The first-order chi connectivity index (χ1) is 8.65. The van der Waals surface area contributed by atoms with Crippen molar-refractivity contribution >= 4 is 40.0 Å². The highest BCUT2D eigenvalue weighted by atomic mass is 127. The van der Waals surface area contributed by atoms with Gasteiger partial charge in [-0.25, -0.2) is 4.79 Å². The number of amides is 2. The molecule has 0 bridgehead atoms. The van der Waals surface area contributed by atoms with Gasteiger partial charge in [-0.3, -0.25) is 0 Å². The molecule has 1 fully saturated rings. The predicted molar refractivity (Wildman–Crippen MR) is 82.6 cm³/mol. The Bertz CT molecular complexity index is 430. The van der Waals surface area contributed by atoms with Gasteiger partial charge >= 0.3 is 6.03 Å². The van der Waals surface area contributed by atoms with E-state index in [1.165, 1.54) is 19.3 Å². The van der Waals surface area contributed by atoms with Gasteiger partial charge in [-0.05, 0) is 53.6 Å². The van der Waals surface area contributed by atoms with E-state index in [4.69, 9.17) is 5.73 Å². The molecule has 0 spiro atoms. The highest BCUT2D eigenvalue weighted by Gasteiger charge is 2.15. The lowest BCUT2D eigenvalue weighted by Gasteiger charge is -2.22. The third-order valence-electron chi connectivity index (χ3n) is 3.19. The number of anilines is 2. The monoisotopic (exact) mass is 359 g/mol. The van der Waals surface area contributed by atoms with E-state index in [0.29, 0.717) is 11.7 Å². The van der Waals surface area contributed by atoms with Gasteiger partial charge < -0.3 is 16.4 Å². The van der Waals surface area contributed by atoms with Crippen LogP contribution in [0.4, 0.5) is 16.2 Å². The van der Waals surface area contributed by atoms with Crippen molar-refractivity contribution < 1.29 is 4.79 Å². The summed E-state index contributed by atoms with van der Waals surface area (Å²) in [6.45, 7) is 0. The lowest BCUT2D eigenvalue weighted by molar-refractivity contribution is 0.244. The van der Waals surface area contributed by atoms with Gasteiger partial charge in [0.15, 0.2) is 0 Å². The quantitative estimate of drug-likeness (QED) is 0.560. The van der Waals surface area contributed by atoms with Crippen LogP contribution >= 0.6 is 22.6 Å². The summed E-state index contributed by atoms with van der Waals surface area (Å²) in [6, 6.07) is 5.72. The van der Waals surface area contributed by atoms with Crippen molar-refractivity contribution in [2.75, 3.05) is 11.1 Å². The van der Waals surface area contributed by atoms with Crippen LogP contribution in [0.3, 0.4) is 0 Å². The first kappa shape index (κ1) is 13.5. The van der Waals surface area contributed by atoms with Gasteiger partial charge in [0.2, 0.25) is 0 Å². The minimum atomic E-state index is -0.137. The summed E-state index contributed by atoms with van der Waals surface area (Å²) in [4.78, 5) is 11.8. The van der Waals surface area contributed by atoms with Gasteiger partial charge in [-0.1, -0.05) is 19.3 Å². The summed E-state index contributed by atoms with van der Waals surface area (Å²) >= 11 is 2.17. The molecule has 0 radical (unpaired) electrons.